The topological polar surface area (TPSA) is 70.8 Å². The molecule has 1 aliphatic rings. The summed E-state index contributed by atoms with van der Waals surface area (Å²) < 4.78 is 5.55. The van der Waals surface area contributed by atoms with Gasteiger partial charge in [-0.05, 0) is 12.5 Å². The van der Waals surface area contributed by atoms with Crippen molar-refractivity contribution in [2.24, 2.45) is 0 Å². The van der Waals surface area contributed by atoms with Crippen LogP contribution in [0.25, 0.3) is 0 Å². The van der Waals surface area contributed by atoms with Gasteiger partial charge < -0.3 is 4.74 Å². The predicted octanol–water partition coefficient (Wildman–Crippen LogP) is 1.01. The molecule has 2 aromatic rings. The second-order valence-corrected chi connectivity index (χ2v) is 3.79. The minimum atomic E-state index is -0.265. The van der Waals surface area contributed by atoms with Gasteiger partial charge in [0.25, 0.3) is 0 Å². The summed E-state index contributed by atoms with van der Waals surface area (Å²) >= 11 is 0. The lowest BCUT2D eigenvalue weighted by atomic mass is 9.93. The Bertz CT molecular complexity index is 558. The molecule has 0 radical (unpaired) electrons. The zero-order valence-electron chi connectivity index (χ0n) is 8.56. The minimum absolute atomic E-state index is 0.115. The molecule has 0 saturated heterocycles. The van der Waals surface area contributed by atoms with Gasteiger partial charge in [0.2, 0.25) is 0 Å². The van der Waals surface area contributed by atoms with Crippen LogP contribution in [-0.2, 0) is 0 Å². The Labute approximate surface area is 91.5 Å². The van der Waals surface area contributed by atoms with Gasteiger partial charge in [0.1, 0.15) is 11.6 Å². The summed E-state index contributed by atoms with van der Waals surface area (Å²) in [5.74, 6) is 1.67. The summed E-state index contributed by atoms with van der Waals surface area (Å²) in [6.45, 7) is 0.649. The van der Waals surface area contributed by atoms with E-state index in [4.69, 9.17) is 4.74 Å². The first-order valence-corrected chi connectivity index (χ1v) is 5.21. The van der Waals surface area contributed by atoms with Crippen LogP contribution in [0.15, 0.2) is 29.1 Å². The highest BCUT2D eigenvalue weighted by atomic mass is 16.5. The van der Waals surface area contributed by atoms with Gasteiger partial charge in [-0.3, -0.25) is 4.98 Å². The van der Waals surface area contributed by atoms with Crippen molar-refractivity contribution in [1.82, 2.24) is 15.2 Å². The highest BCUT2D eigenvalue weighted by molar-refractivity contribution is 5.40. The number of hydrogen-bond acceptors (Lipinski definition) is 3. The number of aromatic nitrogens is 3. The van der Waals surface area contributed by atoms with E-state index < -0.39 is 0 Å². The van der Waals surface area contributed by atoms with Gasteiger partial charge in [0.15, 0.2) is 0 Å². The maximum absolute atomic E-state index is 11.0. The van der Waals surface area contributed by atoms with Crippen LogP contribution in [0.3, 0.4) is 0 Å². The lowest BCUT2D eigenvalue weighted by Crippen LogP contribution is -2.16. The van der Waals surface area contributed by atoms with Gasteiger partial charge >= 0.3 is 5.69 Å². The molecule has 1 aromatic carbocycles. The van der Waals surface area contributed by atoms with Crippen molar-refractivity contribution in [3.63, 3.8) is 0 Å². The number of H-pyrrole nitrogens is 2. The summed E-state index contributed by atoms with van der Waals surface area (Å²) in [6, 6.07) is 7.85. The number of rotatable bonds is 1. The minimum Gasteiger partial charge on any atom is -0.493 e. The average Bonchev–Trinajstić information content (AvgIpc) is 2.75. The number of ether oxygens (including phenoxy) is 1. The Hall–Kier alpha value is -2.04. The molecule has 5 nitrogen and oxygen atoms in total. The summed E-state index contributed by atoms with van der Waals surface area (Å²) in [5, 5.41) is 6.38. The molecule has 1 atom stereocenters. The molecule has 0 spiro atoms. The quantitative estimate of drug-likeness (QED) is 0.749. The molecule has 0 saturated carbocycles. The van der Waals surface area contributed by atoms with E-state index in [1.165, 1.54) is 0 Å². The Kier molecular flexibility index (Phi) is 2.02. The third-order valence-electron chi connectivity index (χ3n) is 2.81. The first-order valence-electron chi connectivity index (χ1n) is 5.21. The third-order valence-corrected chi connectivity index (χ3v) is 2.81. The molecule has 82 valence electrons. The number of benzene rings is 1. The molecule has 0 aliphatic carbocycles. The number of hydrogen-bond donors (Lipinski definition) is 2. The van der Waals surface area contributed by atoms with Crippen LogP contribution in [-0.4, -0.2) is 21.8 Å². The number of nitrogens with one attached hydrogen (secondary N) is 2. The Morgan fingerprint density at radius 2 is 2.25 bits per heavy atom. The highest BCUT2D eigenvalue weighted by Crippen LogP contribution is 2.35. The van der Waals surface area contributed by atoms with E-state index >= 15 is 0 Å². The van der Waals surface area contributed by atoms with Crippen molar-refractivity contribution in [1.29, 1.82) is 0 Å². The van der Waals surface area contributed by atoms with Crippen LogP contribution >= 0.6 is 0 Å². The van der Waals surface area contributed by atoms with Crippen LogP contribution in [0.5, 0.6) is 5.75 Å². The Morgan fingerprint density at radius 1 is 1.38 bits per heavy atom. The third kappa shape index (κ3) is 1.41. The van der Waals surface area contributed by atoms with E-state index in [2.05, 4.69) is 15.2 Å². The van der Waals surface area contributed by atoms with Crippen molar-refractivity contribution in [3.8, 4) is 5.75 Å². The van der Waals surface area contributed by atoms with Crippen LogP contribution in [0.2, 0.25) is 0 Å². The zero-order chi connectivity index (χ0) is 11.0. The van der Waals surface area contributed by atoms with Crippen molar-refractivity contribution in [2.45, 2.75) is 12.3 Å². The van der Waals surface area contributed by atoms with E-state index in [0.29, 0.717) is 12.4 Å². The average molecular weight is 217 g/mol. The lowest BCUT2D eigenvalue weighted by molar-refractivity contribution is 0.274. The maximum Gasteiger partial charge on any atom is 0.340 e. The summed E-state index contributed by atoms with van der Waals surface area (Å²) in [6.07, 6.45) is 0.831. The number of para-hydroxylation sites is 1. The van der Waals surface area contributed by atoms with Crippen LogP contribution in [0, 0.1) is 0 Å². The Morgan fingerprint density at radius 3 is 3.06 bits per heavy atom. The van der Waals surface area contributed by atoms with Gasteiger partial charge in [-0.2, -0.15) is 5.10 Å². The monoisotopic (exact) mass is 217 g/mol. The molecular weight excluding hydrogens is 206 g/mol. The van der Waals surface area contributed by atoms with Gasteiger partial charge in [-0.15, -0.1) is 0 Å². The van der Waals surface area contributed by atoms with E-state index in [1.807, 2.05) is 24.3 Å². The van der Waals surface area contributed by atoms with E-state index in [9.17, 15) is 4.79 Å². The normalized spacial score (nSPS) is 18.9. The molecule has 2 heterocycles. The first kappa shape index (κ1) is 9.21. The summed E-state index contributed by atoms with van der Waals surface area (Å²) in [5.41, 5.74) is 0.815. The molecule has 2 N–H and O–H groups in total. The highest BCUT2D eigenvalue weighted by Gasteiger charge is 2.24. The second-order valence-electron chi connectivity index (χ2n) is 3.79. The van der Waals surface area contributed by atoms with Crippen LogP contribution < -0.4 is 10.4 Å². The fraction of sp³-hybridized carbons (Fsp3) is 0.273. The molecule has 1 aromatic heterocycles. The number of fused-ring (bicyclic) bond motifs is 1. The van der Waals surface area contributed by atoms with Gasteiger partial charge in [-0.1, -0.05) is 18.2 Å². The van der Waals surface area contributed by atoms with Gasteiger partial charge in [0, 0.05) is 5.56 Å². The predicted molar refractivity (Wildman–Crippen MR) is 57.6 cm³/mol. The van der Waals surface area contributed by atoms with Crippen molar-refractivity contribution in [2.75, 3.05) is 6.61 Å². The molecule has 1 aliphatic heterocycles. The molecule has 1 unspecified atom stereocenters. The summed E-state index contributed by atoms with van der Waals surface area (Å²) in [4.78, 5) is 13.7. The van der Waals surface area contributed by atoms with Crippen LogP contribution in [0.1, 0.15) is 23.7 Å². The smallest absolute Gasteiger partial charge is 0.340 e. The first-order chi connectivity index (χ1) is 7.84. The second kappa shape index (κ2) is 3.52. The maximum atomic E-state index is 11.0. The van der Waals surface area contributed by atoms with Crippen molar-refractivity contribution >= 4 is 0 Å². The molecule has 0 amide bonds. The molecule has 0 fully saturated rings. The van der Waals surface area contributed by atoms with Crippen molar-refractivity contribution < 1.29 is 4.74 Å². The van der Waals surface area contributed by atoms with E-state index in [0.717, 1.165) is 17.7 Å². The molecule has 16 heavy (non-hydrogen) atoms. The molecule has 0 bridgehead atoms. The number of nitrogens with zero attached hydrogens (tertiary/aromatic N) is 1. The van der Waals surface area contributed by atoms with Crippen LogP contribution in [0.4, 0.5) is 0 Å². The molecule has 3 rings (SSSR count). The zero-order valence-corrected chi connectivity index (χ0v) is 8.56. The van der Waals surface area contributed by atoms with Crippen molar-refractivity contribution in [3.05, 3.63) is 46.1 Å². The fourth-order valence-corrected chi connectivity index (χ4v) is 2.07. The fourth-order valence-electron chi connectivity index (χ4n) is 2.07. The lowest BCUT2D eigenvalue weighted by Gasteiger charge is -2.23. The SMILES string of the molecule is O=c1[nH]nc(C2CCOc3ccccc32)[nH]1. The van der Waals surface area contributed by atoms with E-state index in [1.54, 1.807) is 0 Å². The largest absolute Gasteiger partial charge is 0.493 e. The molecule has 5 heteroatoms. The van der Waals surface area contributed by atoms with Gasteiger partial charge in [-0.25, -0.2) is 9.89 Å². The standard InChI is InChI=1S/C11H11N3O2/c15-11-12-10(13-14-11)8-5-6-16-9-4-2-1-3-7(8)9/h1-4,8H,5-6H2,(H2,12,13,14,15). The van der Waals surface area contributed by atoms with Gasteiger partial charge in [0.05, 0.1) is 12.5 Å². The summed E-state index contributed by atoms with van der Waals surface area (Å²) in [7, 11) is 0. The van der Waals surface area contributed by atoms with E-state index in [-0.39, 0.29) is 11.6 Å². The Balaban J connectivity index is 2.08. The molecular formula is C11H11N3O2. The number of aromatic amines is 2.